The standard InChI is InChI=1S/C24H20F3N7O2S/c1-23(17-7-24(17,10-25)37-22(28)34-23)14-4-12(5-15(26)19(14)27)33-21-20-16(31-11-32-21)6-13(8-30-20)36-9-18-29-2-3-35-18/h2-6,8,11,17H,7,9-10H2,1H3,(H2,28,34)(H,31,32,33)/t17-,23-,24+/m0/s1. The number of hydrogen-bond acceptors (Lipinski definition) is 10. The van der Waals surface area contributed by atoms with Crippen LogP contribution < -0.4 is 15.8 Å². The molecule has 2 aliphatic rings. The predicted molar refractivity (Wildman–Crippen MR) is 131 cm³/mol. The zero-order chi connectivity index (χ0) is 25.8. The molecule has 1 aromatic carbocycles. The molecule has 4 aromatic rings. The highest BCUT2D eigenvalue weighted by atomic mass is 32.2. The fourth-order valence-corrected chi connectivity index (χ4v) is 6.13. The second kappa shape index (κ2) is 8.61. The first-order valence-electron chi connectivity index (χ1n) is 11.3. The van der Waals surface area contributed by atoms with Crippen LogP contribution in [-0.4, -0.2) is 36.5 Å². The van der Waals surface area contributed by atoms with Gasteiger partial charge in [-0.2, -0.15) is 0 Å². The van der Waals surface area contributed by atoms with Gasteiger partial charge in [0.25, 0.3) is 0 Å². The molecule has 0 saturated heterocycles. The second-order valence-corrected chi connectivity index (χ2v) is 10.5. The van der Waals surface area contributed by atoms with E-state index < -0.39 is 28.6 Å². The van der Waals surface area contributed by atoms with Crippen LogP contribution in [0.15, 0.2) is 52.6 Å². The van der Waals surface area contributed by atoms with Gasteiger partial charge < -0.3 is 20.2 Å². The maximum Gasteiger partial charge on any atom is 0.232 e. The number of benzene rings is 1. The molecular weight excluding hydrogens is 507 g/mol. The smallest absolute Gasteiger partial charge is 0.232 e. The highest BCUT2D eigenvalue weighted by Crippen LogP contribution is 2.66. The van der Waals surface area contributed by atoms with Crippen molar-refractivity contribution >= 4 is 39.5 Å². The van der Waals surface area contributed by atoms with Crippen LogP contribution in [0.4, 0.5) is 24.7 Å². The van der Waals surface area contributed by atoms with Gasteiger partial charge in [-0.05, 0) is 19.4 Å². The fourth-order valence-electron chi connectivity index (χ4n) is 4.80. The number of aromatic nitrogens is 4. The molecule has 190 valence electrons. The lowest BCUT2D eigenvalue weighted by molar-refractivity contribution is 0.262. The predicted octanol–water partition coefficient (Wildman–Crippen LogP) is 4.62. The second-order valence-electron chi connectivity index (χ2n) is 9.07. The van der Waals surface area contributed by atoms with E-state index in [9.17, 15) is 8.78 Å². The molecular formula is C24H20F3N7O2S. The molecule has 1 fully saturated rings. The van der Waals surface area contributed by atoms with Crippen LogP contribution in [0.5, 0.6) is 5.75 Å². The minimum absolute atomic E-state index is 0.00730. The summed E-state index contributed by atoms with van der Waals surface area (Å²) in [5, 5.41) is 3.16. The lowest BCUT2D eigenvalue weighted by Gasteiger charge is -2.33. The first kappa shape index (κ1) is 23.5. The Morgan fingerprint density at radius 3 is 2.86 bits per heavy atom. The molecule has 4 heterocycles. The molecule has 3 atom stereocenters. The third-order valence-corrected chi connectivity index (χ3v) is 7.98. The molecule has 6 rings (SSSR count). The third kappa shape index (κ3) is 4.02. The Balaban J connectivity index is 1.32. The summed E-state index contributed by atoms with van der Waals surface area (Å²) in [5.41, 5.74) is 5.82. The Morgan fingerprint density at radius 2 is 2.08 bits per heavy atom. The minimum Gasteiger partial charge on any atom is -0.482 e. The van der Waals surface area contributed by atoms with Crippen LogP contribution in [-0.2, 0) is 12.1 Å². The van der Waals surface area contributed by atoms with Gasteiger partial charge in [0.05, 0.1) is 28.2 Å². The zero-order valence-corrected chi connectivity index (χ0v) is 20.2. The quantitative estimate of drug-likeness (QED) is 0.354. The molecule has 0 amide bonds. The molecule has 1 saturated carbocycles. The minimum atomic E-state index is -1.22. The number of thioether (sulfide) groups is 1. The number of oxazole rings is 1. The number of ether oxygens (including phenoxy) is 1. The normalized spacial score (nSPS) is 24.4. The van der Waals surface area contributed by atoms with Gasteiger partial charge in [-0.25, -0.2) is 33.1 Å². The van der Waals surface area contributed by atoms with E-state index in [1.807, 2.05) is 0 Å². The summed E-state index contributed by atoms with van der Waals surface area (Å²) < 4.78 is 53.8. The lowest BCUT2D eigenvalue weighted by atomic mass is 9.85. The molecule has 9 nitrogen and oxygen atoms in total. The van der Waals surface area contributed by atoms with E-state index in [0.717, 1.165) is 17.8 Å². The van der Waals surface area contributed by atoms with Crippen LogP contribution in [0, 0.1) is 17.6 Å². The topological polar surface area (TPSA) is 124 Å². The van der Waals surface area contributed by atoms with E-state index in [0.29, 0.717) is 29.1 Å². The number of rotatable bonds is 7. The number of hydrogen-bond donors (Lipinski definition) is 2. The zero-order valence-electron chi connectivity index (χ0n) is 19.4. The maximum atomic E-state index is 15.1. The van der Waals surface area contributed by atoms with E-state index in [1.165, 1.54) is 31.1 Å². The van der Waals surface area contributed by atoms with Crippen molar-refractivity contribution in [2.24, 2.45) is 16.6 Å². The van der Waals surface area contributed by atoms with E-state index >= 15 is 4.39 Å². The largest absolute Gasteiger partial charge is 0.482 e. The van der Waals surface area contributed by atoms with Gasteiger partial charge >= 0.3 is 0 Å². The first-order valence-corrected chi connectivity index (χ1v) is 12.1. The van der Waals surface area contributed by atoms with Crippen LogP contribution in [0.2, 0.25) is 0 Å². The van der Waals surface area contributed by atoms with Gasteiger partial charge in [0, 0.05) is 29.3 Å². The van der Waals surface area contributed by atoms with Gasteiger partial charge in [-0.15, -0.1) is 0 Å². The average molecular weight is 528 g/mol. The molecule has 0 spiro atoms. The van der Waals surface area contributed by atoms with Crippen LogP contribution in [0.1, 0.15) is 24.8 Å². The van der Waals surface area contributed by atoms with Crippen LogP contribution in [0.3, 0.4) is 0 Å². The summed E-state index contributed by atoms with van der Waals surface area (Å²) in [6.07, 6.45) is 6.23. The molecule has 3 aromatic heterocycles. The van der Waals surface area contributed by atoms with E-state index in [1.54, 1.807) is 13.0 Å². The summed E-state index contributed by atoms with van der Waals surface area (Å²) in [7, 11) is 0. The van der Waals surface area contributed by atoms with Crippen molar-refractivity contribution in [2.45, 2.75) is 30.2 Å². The van der Waals surface area contributed by atoms with Gasteiger partial charge in [0.15, 0.2) is 29.2 Å². The molecule has 0 unspecified atom stereocenters. The number of nitrogens with two attached hydrogens (primary N) is 1. The van der Waals surface area contributed by atoms with Crippen molar-refractivity contribution in [1.82, 2.24) is 19.9 Å². The molecule has 3 N–H and O–H groups in total. The number of nitrogens with one attached hydrogen (secondary N) is 1. The van der Waals surface area contributed by atoms with Gasteiger partial charge in [0.1, 0.15) is 30.5 Å². The Labute approximate surface area is 212 Å². The van der Waals surface area contributed by atoms with Crippen molar-refractivity contribution in [3.05, 3.63) is 66.3 Å². The molecule has 1 aliphatic heterocycles. The van der Waals surface area contributed by atoms with E-state index in [-0.39, 0.29) is 34.8 Å². The molecule has 37 heavy (non-hydrogen) atoms. The Kier molecular flexibility index (Phi) is 5.48. The summed E-state index contributed by atoms with van der Waals surface area (Å²) >= 11 is 1.16. The third-order valence-electron chi connectivity index (χ3n) is 6.71. The molecule has 13 heteroatoms. The fraction of sp³-hybridized carbons (Fsp3) is 0.292. The van der Waals surface area contributed by atoms with Gasteiger partial charge in [0.2, 0.25) is 5.89 Å². The first-order chi connectivity index (χ1) is 17.8. The van der Waals surface area contributed by atoms with Gasteiger partial charge in [-0.1, -0.05) is 11.8 Å². The van der Waals surface area contributed by atoms with Crippen molar-refractivity contribution in [3.8, 4) is 5.75 Å². The van der Waals surface area contributed by atoms with Crippen molar-refractivity contribution in [3.63, 3.8) is 0 Å². The summed E-state index contributed by atoms with van der Waals surface area (Å²) in [6, 6.07) is 4.13. The Bertz CT molecular complexity index is 1540. The number of anilines is 2. The number of fused-ring (bicyclic) bond motifs is 2. The van der Waals surface area contributed by atoms with Crippen molar-refractivity contribution < 1.29 is 22.3 Å². The number of halogens is 3. The number of amidine groups is 1. The molecule has 0 radical (unpaired) electrons. The number of pyridine rings is 1. The Morgan fingerprint density at radius 1 is 1.22 bits per heavy atom. The van der Waals surface area contributed by atoms with Crippen LogP contribution >= 0.6 is 11.8 Å². The molecule has 0 bridgehead atoms. The highest BCUT2D eigenvalue weighted by Gasteiger charge is 2.66. The van der Waals surface area contributed by atoms with Crippen molar-refractivity contribution in [1.29, 1.82) is 0 Å². The molecule has 1 aliphatic carbocycles. The van der Waals surface area contributed by atoms with Crippen molar-refractivity contribution in [2.75, 3.05) is 12.0 Å². The number of nitrogens with zero attached hydrogens (tertiary/aromatic N) is 5. The highest BCUT2D eigenvalue weighted by molar-refractivity contribution is 8.15. The monoisotopic (exact) mass is 527 g/mol. The average Bonchev–Trinajstić information content (AvgIpc) is 3.39. The summed E-state index contributed by atoms with van der Waals surface area (Å²) in [5.74, 6) is -1.32. The van der Waals surface area contributed by atoms with Gasteiger partial charge in [-0.3, -0.25) is 4.99 Å². The number of aliphatic imine (C=N–C) groups is 1. The summed E-state index contributed by atoms with van der Waals surface area (Å²) in [4.78, 5) is 21.3. The number of alkyl halides is 1. The maximum absolute atomic E-state index is 15.1. The Hall–Kier alpha value is -3.87. The SMILES string of the molecule is C[C@@]1(c2cc(Nc3ncnc4cc(OCc5ncco5)cnc34)cc(F)c2F)N=C(N)S[C@@]2(CF)C[C@H]21. The van der Waals surface area contributed by atoms with Crippen LogP contribution in [0.25, 0.3) is 11.0 Å². The van der Waals surface area contributed by atoms with E-state index in [2.05, 4.69) is 30.2 Å². The summed E-state index contributed by atoms with van der Waals surface area (Å²) in [6.45, 7) is 1.15. The lowest BCUT2D eigenvalue weighted by Crippen LogP contribution is -2.37. The van der Waals surface area contributed by atoms with E-state index in [4.69, 9.17) is 14.9 Å².